The maximum Gasteiger partial charge on any atom is 0.329 e. The summed E-state index contributed by atoms with van der Waals surface area (Å²) in [6, 6.07) is 0. The van der Waals surface area contributed by atoms with E-state index in [-0.39, 0.29) is 0 Å². The quantitative estimate of drug-likeness (QED) is 0.0895. The summed E-state index contributed by atoms with van der Waals surface area (Å²) in [6.07, 6.45) is 29.6. The molecule has 0 bridgehead atoms. The Bertz CT molecular complexity index is 386. The Hall–Kier alpha value is 0.170. The first kappa shape index (κ1) is 33.2. The molecule has 0 heterocycles. The second-order valence-electron chi connectivity index (χ2n) is 10.0. The maximum atomic E-state index is 11.8. The third-order valence-corrected chi connectivity index (χ3v) is 9.78. The van der Waals surface area contributed by atoms with Crippen molar-refractivity contribution >= 4 is 29.5 Å². The molecule has 0 spiro atoms. The number of aliphatic carboxylic acids is 1. The van der Waals surface area contributed by atoms with E-state index in [0.717, 1.165) is 24.3 Å². The zero-order valence-electron chi connectivity index (χ0n) is 22.6. The topological polar surface area (TPSA) is 37.3 Å². The van der Waals surface area contributed by atoms with Crippen molar-refractivity contribution in [3.63, 3.8) is 0 Å². The van der Waals surface area contributed by atoms with Gasteiger partial charge >= 0.3 is 5.97 Å². The Morgan fingerprint density at radius 2 is 0.758 bits per heavy atom. The minimum absolute atomic E-state index is 0.649. The van der Waals surface area contributed by atoms with Gasteiger partial charge in [-0.2, -0.15) is 0 Å². The lowest BCUT2D eigenvalue weighted by atomic mass is 10.1. The van der Waals surface area contributed by atoms with Crippen LogP contribution in [0, 0.1) is 0 Å². The molecular weight excluding hydrogens is 444 g/mol. The lowest BCUT2D eigenvalue weighted by molar-refractivity contribution is -0.136. The summed E-state index contributed by atoms with van der Waals surface area (Å²) in [5.41, 5.74) is 0. The average Bonchev–Trinajstić information content (AvgIpc) is 2.80. The zero-order chi connectivity index (χ0) is 24.5. The first-order valence-electron chi connectivity index (χ1n) is 14.6. The van der Waals surface area contributed by atoms with Crippen LogP contribution in [0.4, 0.5) is 0 Å². The van der Waals surface area contributed by atoms with Crippen LogP contribution in [0.3, 0.4) is 0 Å². The summed E-state index contributed by atoms with van der Waals surface area (Å²) >= 11 is 3.32. The third-order valence-electron chi connectivity index (χ3n) is 6.64. The van der Waals surface area contributed by atoms with Gasteiger partial charge in [0.2, 0.25) is 0 Å². The van der Waals surface area contributed by atoms with Crippen molar-refractivity contribution in [2.24, 2.45) is 0 Å². The number of carboxylic acids is 1. The van der Waals surface area contributed by atoms with Crippen molar-refractivity contribution in [1.82, 2.24) is 0 Å². The van der Waals surface area contributed by atoms with E-state index in [4.69, 9.17) is 0 Å². The third kappa shape index (κ3) is 22.4. The van der Waals surface area contributed by atoms with Crippen LogP contribution in [0.1, 0.15) is 162 Å². The molecule has 0 radical (unpaired) electrons. The van der Waals surface area contributed by atoms with Gasteiger partial charge in [-0.25, -0.2) is 4.79 Å². The molecule has 0 aliphatic carbocycles. The van der Waals surface area contributed by atoms with E-state index in [1.54, 1.807) is 23.5 Å². The Balaban J connectivity index is 3.59. The van der Waals surface area contributed by atoms with Crippen molar-refractivity contribution in [1.29, 1.82) is 0 Å². The van der Waals surface area contributed by atoms with Crippen molar-refractivity contribution in [3.8, 4) is 0 Å². The SMILES string of the molecule is CCCCCCCCCCCCCSC(C)(SCCCCCCCCCCCCC)C(=O)O. The van der Waals surface area contributed by atoms with Crippen LogP contribution in [-0.2, 0) is 4.79 Å². The van der Waals surface area contributed by atoms with E-state index in [0.29, 0.717) is 0 Å². The molecule has 0 saturated heterocycles. The normalized spacial score (nSPS) is 11.8. The Labute approximate surface area is 216 Å². The Kier molecular flexibility index (Phi) is 25.4. The molecule has 0 amide bonds. The molecular formula is C29H58O2S2. The summed E-state index contributed by atoms with van der Waals surface area (Å²) in [6.45, 7) is 6.46. The van der Waals surface area contributed by atoms with Crippen LogP contribution in [0.2, 0.25) is 0 Å². The Morgan fingerprint density at radius 3 is 1.00 bits per heavy atom. The highest BCUT2D eigenvalue weighted by atomic mass is 32.2. The fourth-order valence-electron chi connectivity index (χ4n) is 4.23. The molecule has 0 aromatic heterocycles. The number of carbonyl (C=O) groups is 1. The number of thioether (sulfide) groups is 2. The van der Waals surface area contributed by atoms with Crippen LogP contribution in [-0.4, -0.2) is 26.7 Å². The number of carboxylic acid groups (broad SMARTS) is 1. The van der Waals surface area contributed by atoms with E-state index in [1.165, 1.54) is 128 Å². The molecule has 0 atom stereocenters. The van der Waals surface area contributed by atoms with E-state index in [9.17, 15) is 9.90 Å². The van der Waals surface area contributed by atoms with Gasteiger partial charge in [0.05, 0.1) is 0 Å². The molecule has 33 heavy (non-hydrogen) atoms. The molecule has 0 rings (SSSR count). The molecule has 198 valence electrons. The van der Waals surface area contributed by atoms with E-state index in [2.05, 4.69) is 13.8 Å². The maximum absolute atomic E-state index is 11.8. The van der Waals surface area contributed by atoms with Crippen LogP contribution in [0.15, 0.2) is 0 Å². The van der Waals surface area contributed by atoms with E-state index < -0.39 is 10.0 Å². The van der Waals surface area contributed by atoms with Gasteiger partial charge in [-0.05, 0) is 31.3 Å². The first-order valence-corrected chi connectivity index (χ1v) is 16.5. The van der Waals surface area contributed by atoms with Gasteiger partial charge < -0.3 is 5.11 Å². The highest BCUT2D eigenvalue weighted by molar-refractivity contribution is 8.19. The molecule has 4 heteroatoms. The van der Waals surface area contributed by atoms with Gasteiger partial charge in [0, 0.05) is 0 Å². The van der Waals surface area contributed by atoms with Gasteiger partial charge in [0.25, 0.3) is 0 Å². The second-order valence-corrected chi connectivity index (χ2v) is 13.3. The van der Waals surface area contributed by atoms with Crippen LogP contribution < -0.4 is 0 Å². The molecule has 0 aromatic rings. The van der Waals surface area contributed by atoms with E-state index in [1.807, 2.05) is 6.92 Å². The molecule has 2 nitrogen and oxygen atoms in total. The van der Waals surface area contributed by atoms with Crippen LogP contribution >= 0.6 is 23.5 Å². The molecule has 0 aliphatic rings. The Morgan fingerprint density at radius 1 is 0.515 bits per heavy atom. The monoisotopic (exact) mass is 502 g/mol. The summed E-state index contributed by atoms with van der Waals surface area (Å²) in [4.78, 5) is 11.8. The summed E-state index contributed by atoms with van der Waals surface area (Å²) in [7, 11) is 0. The number of rotatable bonds is 27. The molecule has 0 fully saturated rings. The highest BCUT2D eigenvalue weighted by Gasteiger charge is 2.33. The summed E-state index contributed by atoms with van der Waals surface area (Å²) < 4.78 is -0.670. The number of hydrogen-bond donors (Lipinski definition) is 1. The van der Waals surface area contributed by atoms with Crippen molar-refractivity contribution in [2.75, 3.05) is 11.5 Å². The largest absolute Gasteiger partial charge is 0.480 e. The van der Waals surface area contributed by atoms with Gasteiger partial charge in [-0.15, -0.1) is 23.5 Å². The second kappa shape index (κ2) is 25.3. The van der Waals surface area contributed by atoms with Crippen LogP contribution in [0.5, 0.6) is 0 Å². The predicted octanol–water partition coefficient (Wildman–Crippen LogP) is 10.9. The van der Waals surface area contributed by atoms with Gasteiger partial charge in [-0.3, -0.25) is 0 Å². The minimum Gasteiger partial charge on any atom is -0.480 e. The smallest absolute Gasteiger partial charge is 0.329 e. The fourth-order valence-corrected chi connectivity index (χ4v) is 6.79. The van der Waals surface area contributed by atoms with Gasteiger partial charge in [-0.1, -0.05) is 142 Å². The summed E-state index contributed by atoms with van der Waals surface area (Å²) in [5.74, 6) is 1.31. The lowest BCUT2D eigenvalue weighted by Crippen LogP contribution is -2.28. The highest BCUT2D eigenvalue weighted by Crippen LogP contribution is 2.38. The van der Waals surface area contributed by atoms with Gasteiger partial charge in [0.15, 0.2) is 4.08 Å². The zero-order valence-corrected chi connectivity index (χ0v) is 24.3. The fraction of sp³-hybridized carbons (Fsp3) is 0.966. The molecule has 0 aliphatic heterocycles. The van der Waals surface area contributed by atoms with Crippen molar-refractivity contribution < 1.29 is 9.90 Å². The summed E-state index contributed by atoms with van der Waals surface area (Å²) in [5, 5.41) is 9.75. The number of unbranched alkanes of at least 4 members (excludes halogenated alkanes) is 20. The van der Waals surface area contributed by atoms with E-state index >= 15 is 0 Å². The standard InChI is InChI=1S/C29H58O2S2/c1-4-6-8-10-12-14-16-18-20-22-24-26-32-29(3,28(30)31)33-27-25-23-21-19-17-15-13-11-9-7-5-2/h4-27H2,1-3H3,(H,30,31). The molecule has 0 aromatic carbocycles. The molecule has 1 N–H and O–H groups in total. The van der Waals surface area contributed by atoms with Crippen molar-refractivity contribution in [3.05, 3.63) is 0 Å². The average molecular weight is 503 g/mol. The molecule has 0 saturated carbocycles. The lowest BCUT2D eigenvalue weighted by Gasteiger charge is -2.23. The number of hydrogen-bond acceptors (Lipinski definition) is 3. The predicted molar refractivity (Wildman–Crippen MR) is 154 cm³/mol. The van der Waals surface area contributed by atoms with Crippen LogP contribution in [0.25, 0.3) is 0 Å². The minimum atomic E-state index is -0.670. The van der Waals surface area contributed by atoms with Crippen molar-refractivity contribution in [2.45, 2.75) is 166 Å². The molecule has 0 unspecified atom stereocenters. The van der Waals surface area contributed by atoms with Gasteiger partial charge in [0.1, 0.15) is 0 Å². The first-order chi connectivity index (χ1) is 16.1.